The summed E-state index contributed by atoms with van der Waals surface area (Å²) in [5, 5.41) is 3.90. The average molecular weight is 540 g/mol. The van der Waals surface area contributed by atoms with E-state index in [1.54, 1.807) is 12.1 Å². The van der Waals surface area contributed by atoms with Crippen molar-refractivity contribution in [1.82, 2.24) is 5.32 Å². The van der Waals surface area contributed by atoms with E-state index in [9.17, 15) is 12.8 Å². The minimum atomic E-state index is -3.31. The van der Waals surface area contributed by atoms with E-state index in [0.717, 1.165) is 43.5 Å². The molecular weight excluding hydrogens is 508 g/mol. The Labute approximate surface area is 216 Å². The number of fused-ring (bicyclic) bond motifs is 3. The first kappa shape index (κ1) is 25.9. The second-order valence-corrected chi connectivity index (χ2v) is 13.0. The Morgan fingerprint density at radius 2 is 1.86 bits per heavy atom. The Bertz CT molecular complexity index is 1190. The van der Waals surface area contributed by atoms with Crippen LogP contribution in [0.2, 0.25) is 5.02 Å². The van der Waals surface area contributed by atoms with Gasteiger partial charge >= 0.3 is 0 Å². The molecular formula is C27H32ClF2NO4S. The Morgan fingerprint density at radius 3 is 2.61 bits per heavy atom. The molecule has 2 fully saturated rings. The maximum absolute atomic E-state index is 15.4. The van der Waals surface area contributed by atoms with Gasteiger partial charge in [-0.2, -0.15) is 0 Å². The van der Waals surface area contributed by atoms with Crippen LogP contribution in [0, 0.1) is 17.6 Å². The molecule has 0 aromatic heterocycles. The monoisotopic (exact) mass is 539 g/mol. The molecule has 0 unspecified atom stereocenters. The van der Waals surface area contributed by atoms with Gasteiger partial charge in [-0.25, -0.2) is 17.2 Å². The smallest absolute Gasteiger partial charge is 0.165 e. The minimum Gasteiger partial charge on any atom is -0.490 e. The topological polar surface area (TPSA) is 64.6 Å². The van der Waals surface area contributed by atoms with E-state index >= 15 is 4.39 Å². The molecule has 4 atom stereocenters. The zero-order valence-electron chi connectivity index (χ0n) is 20.1. The van der Waals surface area contributed by atoms with Crippen LogP contribution in [-0.4, -0.2) is 51.8 Å². The van der Waals surface area contributed by atoms with Crippen LogP contribution in [-0.2, 0) is 26.4 Å². The molecule has 3 aliphatic rings. The van der Waals surface area contributed by atoms with Gasteiger partial charge in [0.15, 0.2) is 21.4 Å². The quantitative estimate of drug-likeness (QED) is 0.545. The summed E-state index contributed by atoms with van der Waals surface area (Å²) in [4.78, 5) is 0. The zero-order valence-corrected chi connectivity index (χ0v) is 21.7. The minimum absolute atomic E-state index is 0.0120. The fourth-order valence-electron chi connectivity index (χ4n) is 6.25. The summed E-state index contributed by atoms with van der Waals surface area (Å²) in [6.07, 6.45) is 3.74. The molecule has 9 heteroatoms. The van der Waals surface area contributed by atoms with E-state index in [1.165, 1.54) is 0 Å². The van der Waals surface area contributed by atoms with Crippen molar-refractivity contribution in [3.05, 3.63) is 64.2 Å². The van der Waals surface area contributed by atoms with E-state index < -0.39 is 33.0 Å². The molecule has 1 N–H and O–H groups in total. The number of rotatable bonds is 7. The molecule has 3 heterocycles. The standard InChI is InChI=1S/C27H32ClF2NO4S/c28-19-6-4-18(5-7-19)15-27-11-13-34-24(10-14-36(32,33)17-20-3-1-2-12-31-20)21(27)16-35-26-23(30)9-8-22(29)25(26)27/h4-9,20-21,24,31H,1-3,10-17H2/t20-,21-,24-,27-/m0/s1. The molecule has 2 saturated heterocycles. The average Bonchev–Trinajstić information content (AvgIpc) is 2.86. The van der Waals surface area contributed by atoms with Gasteiger partial charge in [-0.1, -0.05) is 30.2 Å². The zero-order chi connectivity index (χ0) is 25.3. The molecule has 0 bridgehead atoms. The van der Waals surface area contributed by atoms with Crippen molar-refractivity contribution in [2.75, 3.05) is 31.3 Å². The van der Waals surface area contributed by atoms with E-state index in [-0.39, 0.29) is 47.8 Å². The Hall–Kier alpha value is -1.74. The van der Waals surface area contributed by atoms with E-state index in [0.29, 0.717) is 24.5 Å². The number of hydrogen-bond acceptors (Lipinski definition) is 5. The molecule has 2 aromatic carbocycles. The van der Waals surface area contributed by atoms with Gasteiger partial charge in [0.25, 0.3) is 0 Å². The van der Waals surface area contributed by atoms with Crippen molar-refractivity contribution in [3.63, 3.8) is 0 Å². The fourth-order valence-corrected chi connectivity index (χ4v) is 8.03. The van der Waals surface area contributed by atoms with Gasteiger partial charge in [0, 0.05) is 34.6 Å². The molecule has 5 nitrogen and oxygen atoms in total. The first-order chi connectivity index (χ1) is 17.3. The van der Waals surface area contributed by atoms with Crippen LogP contribution in [0.4, 0.5) is 8.78 Å². The largest absolute Gasteiger partial charge is 0.490 e. The molecule has 0 aliphatic carbocycles. The molecule has 0 saturated carbocycles. The van der Waals surface area contributed by atoms with Gasteiger partial charge in [0.2, 0.25) is 0 Å². The first-order valence-electron chi connectivity index (χ1n) is 12.7. The Kier molecular flexibility index (Phi) is 7.59. The van der Waals surface area contributed by atoms with Gasteiger partial charge < -0.3 is 14.8 Å². The van der Waals surface area contributed by atoms with E-state index in [2.05, 4.69) is 5.32 Å². The molecule has 196 valence electrons. The van der Waals surface area contributed by atoms with Gasteiger partial charge in [-0.3, -0.25) is 0 Å². The highest BCUT2D eigenvalue weighted by Crippen LogP contribution is 2.52. The summed E-state index contributed by atoms with van der Waals surface area (Å²) in [6, 6.07) is 9.59. The summed E-state index contributed by atoms with van der Waals surface area (Å²) in [5.41, 5.74) is 0.388. The lowest BCUT2D eigenvalue weighted by molar-refractivity contribution is -0.0963. The number of piperidine rings is 1. The number of sulfone groups is 1. The molecule has 0 amide bonds. The molecule has 0 radical (unpaired) electrons. The number of benzene rings is 2. The lowest BCUT2D eigenvalue weighted by atomic mass is 9.60. The van der Waals surface area contributed by atoms with Crippen molar-refractivity contribution >= 4 is 21.4 Å². The molecule has 5 rings (SSSR count). The highest BCUT2D eigenvalue weighted by Gasteiger charge is 2.53. The van der Waals surface area contributed by atoms with Crippen LogP contribution in [0.25, 0.3) is 0 Å². The van der Waals surface area contributed by atoms with Crippen molar-refractivity contribution in [2.45, 2.75) is 56.1 Å². The fraction of sp³-hybridized carbons (Fsp3) is 0.556. The number of halogens is 3. The third kappa shape index (κ3) is 5.28. The predicted molar refractivity (Wildman–Crippen MR) is 135 cm³/mol. The van der Waals surface area contributed by atoms with E-state index in [1.807, 2.05) is 12.1 Å². The normalized spacial score (nSPS) is 28.1. The van der Waals surface area contributed by atoms with Crippen molar-refractivity contribution in [2.24, 2.45) is 5.92 Å². The third-order valence-corrected chi connectivity index (χ3v) is 10.0. The Balaban J connectivity index is 1.43. The number of ether oxygens (including phenoxy) is 2. The summed E-state index contributed by atoms with van der Waals surface area (Å²) in [5.74, 6) is -1.38. The maximum atomic E-state index is 15.4. The van der Waals surface area contributed by atoms with Crippen molar-refractivity contribution < 1.29 is 26.7 Å². The van der Waals surface area contributed by atoms with Crippen LogP contribution >= 0.6 is 11.6 Å². The third-order valence-electron chi connectivity index (χ3n) is 8.02. The van der Waals surface area contributed by atoms with Crippen LogP contribution in [0.1, 0.15) is 43.2 Å². The maximum Gasteiger partial charge on any atom is 0.165 e. The van der Waals surface area contributed by atoms with Crippen LogP contribution in [0.5, 0.6) is 5.75 Å². The number of hydrogen-bond donors (Lipinski definition) is 1. The highest BCUT2D eigenvalue weighted by atomic mass is 35.5. The Morgan fingerprint density at radius 1 is 1.08 bits per heavy atom. The van der Waals surface area contributed by atoms with Crippen LogP contribution in [0.3, 0.4) is 0 Å². The van der Waals surface area contributed by atoms with Crippen LogP contribution in [0.15, 0.2) is 36.4 Å². The SMILES string of the molecule is O=S(=O)(CC[C@@H]1OCC[C@@]2(Cc3ccc(Cl)cc3)c3c(F)ccc(F)c3OC[C@@H]12)C[C@@H]1CCCCN1. The van der Waals surface area contributed by atoms with Gasteiger partial charge in [0.1, 0.15) is 5.82 Å². The number of nitrogens with one attached hydrogen (secondary N) is 1. The summed E-state index contributed by atoms with van der Waals surface area (Å²) in [6.45, 7) is 1.31. The summed E-state index contributed by atoms with van der Waals surface area (Å²) in [7, 11) is -3.31. The van der Waals surface area contributed by atoms with Crippen LogP contribution < -0.4 is 10.1 Å². The molecule has 36 heavy (non-hydrogen) atoms. The summed E-state index contributed by atoms with van der Waals surface area (Å²) < 4.78 is 68.0. The second kappa shape index (κ2) is 10.6. The molecule has 2 aromatic rings. The van der Waals surface area contributed by atoms with Gasteiger partial charge in [-0.05, 0) is 68.5 Å². The first-order valence-corrected chi connectivity index (χ1v) is 14.9. The second-order valence-electron chi connectivity index (χ2n) is 10.3. The van der Waals surface area contributed by atoms with Crippen molar-refractivity contribution in [3.8, 4) is 5.75 Å². The van der Waals surface area contributed by atoms with Crippen molar-refractivity contribution in [1.29, 1.82) is 0 Å². The van der Waals surface area contributed by atoms with Gasteiger partial charge in [-0.15, -0.1) is 0 Å². The lowest BCUT2D eigenvalue weighted by Gasteiger charge is -2.51. The lowest BCUT2D eigenvalue weighted by Crippen LogP contribution is -2.55. The molecule has 3 aliphatic heterocycles. The highest BCUT2D eigenvalue weighted by molar-refractivity contribution is 7.91. The summed E-state index contributed by atoms with van der Waals surface area (Å²) >= 11 is 6.08. The predicted octanol–water partition coefficient (Wildman–Crippen LogP) is 4.84. The van der Waals surface area contributed by atoms with E-state index in [4.69, 9.17) is 21.1 Å². The van der Waals surface area contributed by atoms with Gasteiger partial charge in [0.05, 0.1) is 24.2 Å². The molecule has 0 spiro atoms.